The third kappa shape index (κ3) is 3.86. The summed E-state index contributed by atoms with van der Waals surface area (Å²) in [7, 11) is 0. The molecular weight excluding hydrogens is 276 g/mol. The fourth-order valence-corrected chi connectivity index (χ4v) is 2.08. The number of nitrogens with zero attached hydrogens (tertiary/aromatic N) is 1. The molecule has 0 bridgehead atoms. The van der Waals surface area contributed by atoms with Gasteiger partial charge in [-0.3, -0.25) is 4.79 Å². The maximum atomic E-state index is 12.4. The largest absolute Gasteiger partial charge is 0.481 e. The Kier molecular flexibility index (Phi) is 5.16. The van der Waals surface area contributed by atoms with Crippen LogP contribution in [0.4, 0.5) is 5.69 Å². The summed E-state index contributed by atoms with van der Waals surface area (Å²) in [6.45, 7) is 3.85. The quantitative estimate of drug-likeness (QED) is 0.915. The number of carbonyl (C=O) groups excluding carboxylic acids is 1. The SMILES string of the molecule is CC[C@H](Oc1cccc(C)c1)C(=O)Nc1ccccc1C#N. The van der Waals surface area contributed by atoms with Gasteiger partial charge in [0.1, 0.15) is 11.8 Å². The summed E-state index contributed by atoms with van der Waals surface area (Å²) in [6, 6.07) is 16.5. The highest BCUT2D eigenvalue weighted by molar-refractivity contribution is 5.95. The van der Waals surface area contributed by atoms with Crippen molar-refractivity contribution in [1.29, 1.82) is 5.26 Å². The smallest absolute Gasteiger partial charge is 0.265 e. The number of rotatable bonds is 5. The van der Waals surface area contributed by atoms with Crippen molar-refractivity contribution in [2.75, 3.05) is 5.32 Å². The van der Waals surface area contributed by atoms with E-state index in [2.05, 4.69) is 11.4 Å². The highest BCUT2D eigenvalue weighted by Crippen LogP contribution is 2.18. The molecule has 0 heterocycles. The molecule has 2 aromatic carbocycles. The number of para-hydroxylation sites is 1. The molecule has 4 heteroatoms. The molecule has 0 aromatic heterocycles. The summed E-state index contributed by atoms with van der Waals surface area (Å²) >= 11 is 0. The van der Waals surface area contributed by atoms with E-state index in [-0.39, 0.29) is 5.91 Å². The Bertz CT molecular complexity index is 704. The average Bonchev–Trinajstić information content (AvgIpc) is 2.53. The monoisotopic (exact) mass is 294 g/mol. The van der Waals surface area contributed by atoms with E-state index in [0.29, 0.717) is 23.4 Å². The number of hydrogen-bond acceptors (Lipinski definition) is 3. The van der Waals surface area contributed by atoms with E-state index in [1.54, 1.807) is 24.3 Å². The van der Waals surface area contributed by atoms with Crippen LogP contribution in [-0.2, 0) is 4.79 Å². The number of nitrogens with one attached hydrogen (secondary N) is 1. The van der Waals surface area contributed by atoms with Gasteiger partial charge in [0.05, 0.1) is 11.3 Å². The predicted octanol–water partition coefficient (Wildman–Crippen LogP) is 3.66. The van der Waals surface area contributed by atoms with E-state index >= 15 is 0 Å². The van der Waals surface area contributed by atoms with Crippen LogP contribution in [0.1, 0.15) is 24.5 Å². The van der Waals surface area contributed by atoms with Crippen molar-refractivity contribution in [3.05, 3.63) is 59.7 Å². The van der Waals surface area contributed by atoms with Crippen molar-refractivity contribution in [3.8, 4) is 11.8 Å². The molecule has 1 N–H and O–H groups in total. The van der Waals surface area contributed by atoms with E-state index < -0.39 is 6.10 Å². The number of hydrogen-bond donors (Lipinski definition) is 1. The molecule has 2 rings (SSSR count). The summed E-state index contributed by atoms with van der Waals surface area (Å²) in [5.41, 5.74) is 2.00. The van der Waals surface area contributed by atoms with Gasteiger partial charge >= 0.3 is 0 Å². The highest BCUT2D eigenvalue weighted by Gasteiger charge is 2.19. The Morgan fingerprint density at radius 3 is 2.73 bits per heavy atom. The van der Waals surface area contributed by atoms with Crippen LogP contribution in [0.25, 0.3) is 0 Å². The van der Waals surface area contributed by atoms with Crippen LogP contribution in [0.15, 0.2) is 48.5 Å². The first-order valence-electron chi connectivity index (χ1n) is 7.17. The number of aryl methyl sites for hydroxylation is 1. The zero-order valence-electron chi connectivity index (χ0n) is 12.7. The third-order valence-corrected chi connectivity index (χ3v) is 3.24. The molecule has 22 heavy (non-hydrogen) atoms. The second-order valence-electron chi connectivity index (χ2n) is 4.98. The molecule has 0 aliphatic carbocycles. The molecule has 0 fully saturated rings. The Morgan fingerprint density at radius 2 is 2.05 bits per heavy atom. The Hall–Kier alpha value is -2.80. The van der Waals surface area contributed by atoms with Gasteiger partial charge in [-0.1, -0.05) is 31.2 Å². The summed E-state index contributed by atoms with van der Waals surface area (Å²) < 4.78 is 5.76. The van der Waals surface area contributed by atoms with Gasteiger partial charge in [-0.2, -0.15) is 5.26 Å². The molecule has 2 aromatic rings. The van der Waals surface area contributed by atoms with E-state index in [9.17, 15) is 4.79 Å². The van der Waals surface area contributed by atoms with Crippen LogP contribution in [-0.4, -0.2) is 12.0 Å². The van der Waals surface area contributed by atoms with Gasteiger partial charge in [-0.25, -0.2) is 0 Å². The minimum atomic E-state index is -0.603. The molecule has 112 valence electrons. The maximum absolute atomic E-state index is 12.4. The van der Waals surface area contributed by atoms with Crippen molar-refractivity contribution in [3.63, 3.8) is 0 Å². The van der Waals surface area contributed by atoms with Crippen LogP contribution in [0, 0.1) is 18.3 Å². The van der Waals surface area contributed by atoms with Crippen molar-refractivity contribution in [1.82, 2.24) is 0 Å². The molecule has 0 spiro atoms. The van der Waals surface area contributed by atoms with Crippen LogP contribution in [0.2, 0.25) is 0 Å². The van der Waals surface area contributed by atoms with Crippen molar-refractivity contribution in [2.24, 2.45) is 0 Å². The first-order valence-corrected chi connectivity index (χ1v) is 7.17. The summed E-state index contributed by atoms with van der Waals surface area (Å²) in [6.07, 6.45) is -0.0670. The lowest BCUT2D eigenvalue weighted by atomic mass is 10.1. The van der Waals surface area contributed by atoms with Gasteiger partial charge in [0.15, 0.2) is 6.10 Å². The number of amides is 1. The number of benzene rings is 2. The number of anilines is 1. The summed E-state index contributed by atoms with van der Waals surface area (Å²) in [5.74, 6) is 0.405. The molecule has 1 amide bonds. The van der Waals surface area contributed by atoms with Crippen LogP contribution in [0.3, 0.4) is 0 Å². The third-order valence-electron chi connectivity index (χ3n) is 3.24. The van der Waals surface area contributed by atoms with Gasteiger partial charge in [-0.05, 0) is 43.2 Å². The van der Waals surface area contributed by atoms with Crippen molar-refractivity contribution >= 4 is 11.6 Å². The number of nitriles is 1. The fraction of sp³-hybridized carbons (Fsp3) is 0.222. The minimum absolute atomic E-state index is 0.258. The minimum Gasteiger partial charge on any atom is -0.481 e. The topological polar surface area (TPSA) is 62.1 Å². The highest BCUT2D eigenvalue weighted by atomic mass is 16.5. The fourth-order valence-electron chi connectivity index (χ4n) is 2.08. The first kappa shape index (κ1) is 15.6. The van der Waals surface area contributed by atoms with Gasteiger partial charge in [-0.15, -0.1) is 0 Å². The van der Waals surface area contributed by atoms with Crippen molar-refractivity contribution in [2.45, 2.75) is 26.4 Å². The molecule has 0 radical (unpaired) electrons. The Labute approximate surface area is 130 Å². The van der Waals surface area contributed by atoms with Gasteiger partial charge in [0.2, 0.25) is 0 Å². The second-order valence-corrected chi connectivity index (χ2v) is 4.98. The van der Waals surface area contributed by atoms with Crippen molar-refractivity contribution < 1.29 is 9.53 Å². The number of ether oxygens (including phenoxy) is 1. The lowest BCUT2D eigenvalue weighted by molar-refractivity contribution is -0.122. The number of carbonyl (C=O) groups is 1. The standard InChI is InChI=1S/C18H18N2O2/c1-3-17(22-15-9-6-7-13(2)11-15)18(21)20-16-10-5-4-8-14(16)12-19/h4-11,17H,3H2,1-2H3,(H,20,21)/t17-/m0/s1. The van der Waals surface area contributed by atoms with Crippen LogP contribution >= 0.6 is 0 Å². The normalized spacial score (nSPS) is 11.3. The van der Waals surface area contributed by atoms with E-state index in [4.69, 9.17) is 10.00 Å². The van der Waals surface area contributed by atoms with Crippen LogP contribution in [0.5, 0.6) is 5.75 Å². The zero-order valence-corrected chi connectivity index (χ0v) is 12.7. The Morgan fingerprint density at radius 1 is 1.27 bits per heavy atom. The maximum Gasteiger partial charge on any atom is 0.265 e. The van der Waals surface area contributed by atoms with Gasteiger partial charge in [0.25, 0.3) is 5.91 Å². The summed E-state index contributed by atoms with van der Waals surface area (Å²) in [4.78, 5) is 12.4. The molecule has 0 saturated carbocycles. The molecule has 0 saturated heterocycles. The molecule has 0 aliphatic heterocycles. The lowest BCUT2D eigenvalue weighted by Gasteiger charge is -2.18. The Balaban J connectivity index is 2.11. The zero-order chi connectivity index (χ0) is 15.9. The molecule has 4 nitrogen and oxygen atoms in total. The molecular formula is C18H18N2O2. The van der Waals surface area contributed by atoms with E-state index in [0.717, 1.165) is 5.56 Å². The first-order chi connectivity index (χ1) is 10.6. The van der Waals surface area contributed by atoms with Crippen LogP contribution < -0.4 is 10.1 Å². The molecule has 0 unspecified atom stereocenters. The molecule has 1 atom stereocenters. The predicted molar refractivity (Wildman–Crippen MR) is 85.7 cm³/mol. The van der Waals surface area contributed by atoms with E-state index in [1.807, 2.05) is 38.1 Å². The summed E-state index contributed by atoms with van der Waals surface area (Å²) in [5, 5.41) is 11.8. The van der Waals surface area contributed by atoms with Gasteiger partial charge in [0, 0.05) is 0 Å². The van der Waals surface area contributed by atoms with Gasteiger partial charge < -0.3 is 10.1 Å². The average molecular weight is 294 g/mol. The van der Waals surface area contributed by atoms with E-state index in [1.165, 1.54) is 0 Å². The lowest BCUT2D eigenvalue weighted by Crippen LogP contribution is -2.32. The second kappa shape index (κ2) is 7.28. The molecule has 0 aliphatic rings.